The van der Waals surface area contributed by atoms with Crippen molar-refractivity contribution in [3.05, 3.63) is 51.6 Å². The van der Waals surface area contributed by atoms with Gasteiger partial charge in [-0.3, -0.25) is 0 Å². The van der Waals surface area contributed by atoms with E-state index in [0.717, 1.165) is 43.1 Å². The number of nitrogens with zero attached hydrogens (tertiary/aromatic N) is 4. The Labute approximate surface area is 155 Å². The Kier molecular flexibility index (Phi) is 3.86. The topological polar surface area (TPSA) is 84.8 Å². The van der Waals surface area contributed by atoms with E-state index in [0.29, 0.717) is 19.0 Å². The summed E-state index contributed by atoms with van der Waals surface area (Å²) in [5.74, 6) is 2.21. The van der Waals surface area contributed by atoms with E-state index in [1.54, 1.807) is 6.20 Å². The molecule has 5 rings (SSSR count). The predicted molar refractivity (Wildman–Crippen MR) is 99.1 cm³/mol. The Bertz CT molecular complexity index is 1050. The quantitative estimate of drug-likeness (QED) is 0.760. The number of rotatable bonds is 3. The third-order valence-electron chi connectivity index (χ3n) is 5.30. The first-order valence-corrected chi connectivity index (χ1v) is 9.23. The molecule has 1 N–H and O–H groups in total. The van der Waals surface area contributed by atoms with Gasteiger partial charge in [-0.2, -0.15) is 4.98 Å². The van der Waals surface area contributed by atoms with Gasteiger partial charge in [0.25, 0.3) is 5.78 Å². The minimum atomic E-state index is -0.265. The molecule has 4 heterocycles. The maximum atomic E-state index is 11.7. The molecule has 2 aromatic heterocycles. The van der Waals surface area contributed by atoms with Crippen LogP contribution in [-0.2, 0) is 18.0 Å². The third-order valence-corrected chi connectivity index (χ3v) is 5.30. The molecule has 0 spiro atoms. The number of ether oxygens (including phenoxy) is 2. The molecule has 2 aliphatic rings. The molecular weight excluding hydrogens is 346 g/mol. The van der Waals surface area contributed by atoms with Gasteiger partial charge in [0, 0.05) is 37.7 Å². The zero-order chi connectivity index (χ0) is 18.4. The van der Waals surface area contributed by atoms with Crippen LogP contribution in [0.3, 0.4) is 0 Å². The number of fused-ring (bicyclic) bond motifs is 2. The SMILES string of the molecule is Cc1cn2c(=O)[nH]nc2nc1N1CCC(Oc2ccc3c(c2)COC3)CC1. The molecule has 0 saturated carbocycles. The van der Waals surface area contributed by atoms with Gasteiger partial charge in [0.15, 0.2) is 0 Å². The van der Waals surface area contributed by atoms with Crippen LogP contribution in [0.25, 0.3) is 5.78 Å². The fraction of sp³-hybridized carbons (Fsp3) is 0.421. The Balaban J connectivity index is 1.27. The standard InChI is InChI=1S/C19H21N5O3/c1-12-9-24-18(21-22-19(24)25)20-17(12)23-6-4-15(5-7-23)27-16-3-2-13-10-26-11-14(13)8-16/h2-3,8-9,15H,4-7,10-11H2,1H3,(H,22,25). The van der Waals surface area contributed by atoms with Crippen LogP contribution in [-0.4, -0.2) is 38.8 Å². The second kappa shape index (κ2) is 6.38. The predicted octanol–water partition coefficient (Wildman–Crippen LogP) is 1.80. The zero-order valence-electron chi connectivity index (χ0n) is 15.1. The normalized spacial score (nSPS) is 17.4. The third kappa shape index (κ3) is 2.95. The Morgan fingerprint density at radius 1 is 1.22 bits per heavy atom. The van der Waals surface area contributed by atoms with E-state index in [-0.39, 0.29) is 11.8 Å². The van der Waals surface area contributed by atoms with Gasteiger partial charge in [-0.15, -0.1) is 5.10 Å². The number of hydrogen-bond donors (Lipinski definition) is 1. The highest BCUT2D eigenvalue weighted by Crippen LogP contribution is 2.28. The van der Waals surface area contributed by atoms with Crippen molar-refractivity contribution in [1.82, 2.24) is 19.6 Å². The first kappa shape index (κ1) is 16.3. The molecule has 1 aromatic carbocycles. The van der Waals surface area contributed by atoms with Crippen molar-refractivity contribution in [3.63, 3.8) is 0 Å². The van der Waals surface area contributed by atoms with E-state index in [4.69, 9.17) is 9.47 Å². The molecule has 8 heteroatoms. The smallest absolute Gasteiger partial charge is 0.348 e. The lowest BCUT2D eigenvalue weighted by molar-refractivity contribution is 0.134. The van der Waals surface area contributed by atoms with Crippen LogP contribution in [0.15, 0.2) is 29.2 Å². The number of aromatic amines is 1. The monoisotopic (exact) mass is 367 g/mol. The van der Waals surface area contributed by atoms with E-state index >= 15 is 0 Å². The number of H-pyrrole nitrogens is 1. The van der Waals surface area contributed by atoms with Gasteiger partial charge in [-0.25, -0.2) is 14.3 Å². The number of piperidine rings is 1. The average Bonchev–Trinajstić information content (AvgIpc) is 3.28. The Morgan fingerprint density at radius 3 is 2.89 bits per heavy atom. The largest absolute Gasteiger partial charge is 0.490 e. The molecule has 0 bridgehead atoms. The van der Waals surface area contributed by atoms with Crippen LogP contribution in [0.2, 0.25) is 0 Å². The highest BCUT2D eigenvalue weighted by Gasteiger charge is 2.24. The molecule has 140 valence electrons. The van der Waals surface area contributed by atoms with Crippen molar-refractivity contribution in [2.75, 3.05) is 18.0 Å². The van der Waals surface area contributed by atoms with Crippen molar-refractivity contribution in [2.24, 2.45) is 0 Å². The van der Waals surface area contributed by atoms with Crippen molar-refractivity contribution in [1.29, 1.82) is 0 Å². The second-order valence-corrected chi connectivity index (χ2v) is 7.17. The summed E-state index contributed by atoms with van der Waals surface area (Å²) in [6.45, 7) is 5.06. The summed E-state index contributed by atoms with van der Waals surface area (Å²) in [4.78, 5) is 18.5. The molecule has 1 saturated heterocycles. The van der Waals surface area contributed by atoms with Gasteiger partial charge < -0.3 is 14.4 Å². The first-order valence-electron chi connectivity index (χ1n) is 9.23. The minimum Gasteiger partial charge on any atom is -0.490 e. The lowest BCUT2D eigenvalue weighted by Crippen LogP contribution is -2.39. The molecule has 8 nitrogen and oxygen atoms in total. The van der Waals surface area contributed by atoms with Gasteiger partial charge >= 0.3 is 5.69 Å². The van der Waals surface area contributed by atoms with Crippen LogP contribution >= 0.6 is 0 Å². The summed E-state index contributed by atoms with van der Waals surface area (Å²) >= 11 is 0. The molecule has 0 aliphatic carbocycles. The summed E-state index contributed by atoms with van der Waals surface area (Å²) in [5, 5.41) is 6.40. The lowest BCUT2D eigenvalue weighted by Gasteiger charge is -2.33. The number of benzene rings is 1. The van der Waals surface area contributed by atoms with Crippen LogP contribution in [0.5, 0.6) is 5.75 Å². The number of hydrogen-bond acceptors (Lipinski definition) is 6. The van der Waals surface area contributed by atoms with Gasteiger partial charge in [0.2, 0.25) is 0 Å². The summed E-state index contributed by atoms with van der Waals surface area (Å²) in [6.07, 6.45) is 3.83. The fourth-order valence-corrected chi connectivity index (χ4v) is 3.85. The molecule has 2 aliphatic heterocycles. The highest BCUT2D eigenvalue weighted by atomic mass is 16.5. The van der Waals surface area contributed by atoms with Gasteiger partial charge in [-0.05, 0) is 30.2 Å². The van der Waals surface area contributed by atoms with E-state index in [1.807, 2.05) is 13.0 Å². The molecule has 27 heavy (non-hydrogen) atoms. The Morgan fingerprint density at radius 2 is 2.04 bits per heavy atom. The summed E-state index contributed by atoms with van der Waals surface area (Å²) in [6, 6.07) is 6.24. The van der Waals surface area contributed by atoms with Crippen LogP contribution < -0.4 is 15.3 Å². The summed E-state index contributed by atoms with van der Waals surface area (Å²) in [5.41, 5.74) is 3.18. The minimum absolute atomic E-state index is 0.193. The number of aryl methyl sites for hydroxylation is 1. The average molecular weight is 367 g/mol. The number of anilines is 1. The highest BCUT2D eigenvalue weighted by molar-refractivity contribution is 5.50. The van der Waals surface area contributed by atoms with Gasteiger partial charge in [0.05, 0.1) is 13.2 Å². The van der Waals surface area contributed by atoms with Crippen molar-refractivity contribution < 1.29 is 9.47 Å². The summed E-state index contributed by atoms with van der Waals surface area (Å²) < 4.78 is 13.1. The van der Waals surface area contributed by atoms with E-state index < -0.39 is 0 Å². The maximum Gasteiger partial charge on any atom is 0.348 e. The fourth-order valence-electron chi connectivity index (χ4n) is 3.85. The van der Waals surface area contributed by atoms with Gasteiger partial charge in [0.1, 0.15) is 17.7 Å². The molecule has 3 aromatic rings. The van der Waals surface area contributed by atoms with Crippen LogP contribution in [0.1, 0.15) is 29.5 Å². The van der Waals surface area contributed by atoms with Crippen LogP contribution in [0, 0.1) is 6.92 Å². The number of aromatic nitrogens is 4. The lowest BCUT2D eigenvalue weighted by atomic mass is 10.1. The molecule has 0 atom stereocenters. The summed E-state index contributed by atoms with van der Waals surface area (Å²) in [7, 11) is 0. The van der Waals surface area contributed by atoms with E-state index in [1.165, 1.54) is 15.5 Å². The van der Waals surface area contributed by atoms with Gasteiger partial charge in [-0.1, -0.05) is 6.07 Å². The number of nitrogens with one attached hydrogen (secondary N) is 1. The molecular formula is C19H21N5O3. The van der Waals surface area contributed by atoms with Crippen molar-refractivity contribution >= 4 is 11.6 Å². The van der Waals surface area contributed by atoms with E-state index in [9.17, 15) is 4.79 Å². The Hall–Kier alpha value is -2.87. The molecule has 0 radical (unpaired) electrons. The van der Waals surface area contributed by atoms with Crippen molar-refractivity contribution in [3.8, 4) is 5.75 Å². The molecule has 0 amide bonds. The maximum absolute atomic E-state index is 11.7. The van der Waals surface area contributed by atoms with Crippen LogP contribution in [0.4, 0.5) is 5.82 Å². The van der Waals surface area contributed by atoms with E-state index in [2.05, 4.69) is 32.2 Å². The molecule has 1 fully saturated rings. The molecule has 0 unspecified atom stereocenters. The zero-order valence-corrected chi connectivity index (χ0v) is 15.1. The van der Waals surface area contributed by atoms with Crippen molar-refractivity contribution in [2.45, 2.75) is 39.1 Å². The second-order valence-electron chi connectivity index (χ2n) is 7.17. The first-order chi connectivity index (χ1) is 13.2.